The van der Waals surface area contributed by atoms with Crippen molar-refractivity contribution in [2.45, 2.75) is 78.0 Å². The smallest absolute Gasteiger partial charge is 0.411 e. The Morgan fingerprint density at radius 3 is 2.28 bits per heavy atom. The van der Waals surface area contributed by atoms with Gasteiger partial charge in [-0.3, -0.25) is 14.6 Å². The molecule has 8 heteroatoms. The zero-order chi connectivity index (χ0) is 22.0. The molecule has 2 aliphatic rings. The van der Waals surface area contributed by atoms with Gasteiger partial charge in [-0.05, 0) is 66.3 Å². The average molecular weight is 412 g/mol. The molecule has 0 aromatic heterocycles. The van der Waals surface area contributed by atoms with Crippen LogP contribution >= 0.6 is 0 Å². The predicted octanol–water partition coefficient (Wildman–Crippen LogP) is 2.42. The number of carboxylic acid groups (broad SMARTS) is 1. The highest BCUT2D eigenvalue weighted by Crippen LogP contribution is 2.45. The molecule has 3 atom stereocenters. The Bertz CT molecular complexity index is 628. The molecule has 0 aliphatic carbocycles. The Balaban J connectivity index is 2.26. The normalized spacial score (nSPS) is 27.4. The van der Waals surface area contributed by atoms with Crippen molar-refractivity contribution in [3.05, 3.63) is 0 Å². The Labute approximate surface area is 174 Å². The van der Waals surface area contributed by atoms with E-state index in [4.69, 9.17) is 4.74 Å². The van der Waals surface area contributed by atoms with E-state index in [9.17, 15) is 19.5 Å². The van der Waals surface area contributed by atoms with Crippen molar-refractivity contribution in [1.29, 1.82) is 0 Å². The highest BCUT2D eigenvalue weighted by Gasteiger charge is 2.59. The summed E-state index contributed by atoms with van der Waals surface area (Å²) in [5, 5.41) is 10.1. The van der Waals surface area contributed by atoms with Gasteiger partial charge in [-0.15, -0.1) is 0 Å². The fraction of sp³-hybridized carbons (Fsp3) is 0.857. The number of piperidine rings is 1. The second kappa shape index (κ2) is 8.90. The summed E-state index contributed by atoms with van der Waals surface area (Å²) in [7, 11) is 0. The number of carbonyl (C=O) groups excluding carboxylic acids is 2. The van der Waals surface area contributed by atoms with E-state index in [0.717, 1.165) is 13.0 Å². The minimum absolute atomic E-state index is 0.0651. The Morgan fingerprint density at radius 2 is 1.79 bits per heavy atom. The van der Waals surface area contributed by atoms with Crippen molar-refractivity contribution in [1.82, 2.24) is 14.7 Å². The summed E-state index contributed by atoms with van der Waals surface area (Å²) in [6.07, 6.45) is 0.948. The number of hydrogen-bond acceptors (Lipinski definition) is 5. The molecule has 2 heterocycles. The van der Waals surface area contributed by atoms with Crippen LogP contribution in [0.15, 0.2) is 0 Å². The van der Waals surface area contributed by atoms with Gasteiger partial charge in [-0.25, -0.2) is 9.59 Å². The van der Waals surface area contributed by atoms with Gasteiger partial charge < -0.3 is 14.7 Å². The standard InChI is InChI=1S/C21H37N3O5/c1-7-21(18(26)27)12-15-10-11-22(14-17(25)23(8-2)9-3)13-16(15)24(21)19(28)29-20(4,5)6/h15-16H,7-14H2,1-6H3,(H,26,27)/t15-,16-,21-/m0/s1. The van der Waals surface area contributed by atoms with E-state index in [0.29, 0.717) is 39.0 Å². The number of ether oxygens (including phenoxy) is 1. The van der Waals surface area contributed by atoms with Crippen molar-refractivity contribution in [3.8, 4) is 0 Å². The quantitative estimate of drug-likeness (QED) is 0.722. The van der Waals surface area contributed by atoms with E-state index in [-0.39, 0.29) is 17.9 Å². The highest BCUT2D eigenvalue weighted by atomic mass is 16.6. The van der Waals surface area contributed by atoms with Gasteiger partial charge >= 0.3 is 12.1 Å². The molecule has 0 aromatic carbocycles. The molecule has 2 fully saturated rings. The second-order valence-electron chi connectivity index (χ2n) is 9.16. The topological polar surface area (TPSA) is 90.4 Å². The molecule has 8 nitrogen and oxygen atoms in total. The first-order valence-electron chi connectivity index (χ1n) is 10.7. The van der Waals surface area contributed by atoms with E-state index in [1.54, 1.807) is 25.7 Å². The lowest BCUT2D eigenvalue weighted by Crippen LogP contribution is -2.59. The zero-order valence-electron chi connectivity index (χ0n) is 18.7. The van der Waals surface area contributed by atoms with Gasteiger partial charge in [0.25, 0.3) is 0 Å². The molecule has 0 bridgehead atoms. The number of carbonyl (C=O) groups is 3. The maximum atomic E-state index is 13.1. The molecule has 0 unspecified atom stereocenters. The highest BCUT2D eigenvalue weighted by molar-refractivity contribution is 5.86. The largest absolute Gasteiger partial charge is 0.479 e. The molecule has 2 saturated heterocycles. The van der Waals surface area contributed by atoms with Crippen LogP contribution in [0.25, 0.3) is 0 Å². The van der Waals surface area contributed by atoms with Crippen LogP contribution in [0.5, 0.6) is 0 Å². The fourth-order valence-electron chi connectivity index (χ4n) is 4.71. The van der Waals surface area contributed by atoms with Gasteiger partial charge in [0.15, 0.2) is 0 Å². The number of fused-ring (bicyclic) bond motifs is 1. The Kier molecular flexibility index (Phi) is 7.19. The number of likely N-dealkylation sites (N-methyl/N-ethyl adjacent to an activating group) is 1. The first kappa shape index (κ1) is 23.4. The number of hydrogen-bond donors (Lipinski definition) is 1. The maximum Gasteiger partial charge on any atom is 0.411 e. The van der Waals surface area contributed by atoms with Crippen LogP contribution < -0.4 is 0 Å². The number of rotatable bonds is 6. The molecule has 0 saturated carbocycles. The molecule has 2 rings (SSSR count). The number of nitrogens with zero attached hydrogens (tertiary/aromatic N) is 3. The summed E-state index contributed by atoms with van der Waals surface area (Å²) in [5.41, 5.74) is -1.96. The van der Waals surface area contributed by atoms with Crippen molar-refractivity contribution in [2.24, 2.45) is 5.92 Å². The van der Waals surface area contributed by atoms with E-state index in [1.165, 1.54) is 4.90 Å². The summed E-state index contributed by atoms with van der Waals surface area (Å²) in [6.45, 7) is 13.9. The Morgan fingerprint density at radius 1 is 1.17 bits per heavy atom. The predicted molar refractivity (Wildman–Crippen MR) is 110 cm³/mol. The van der Waals surface area contributed by atoms with E-state index >= 15 is 0 Å². The molecule has 1 N–H and O–H groups in total. The van der Waals surface area contributed by atoms with Gasteiger partial charge in [0.1, 0.15) is 11.1 Å². The fourth-order valence-corrected chi connectivity index (χ4v) is 4.71. The summed E-state index contributed by atoms with van der Waals surface area (Å²) >= 11 is 0. The summed E-state index contributed by atoms with van der Waals surface area (Å²) in [5.74, 6) is -0.820. The van der Waals surface area contributed by atoms with E-state index in [1.807, 2.05) is 25.7 Å². The van der Waals surface area contributed by atoms with Crippen LogP contribution in [0.4, 0.5) is 4.79 Å². The van der Waals surface area contributed by atoms with Crippen molar-refractivity contribution >= 4 is 18.0 Å². The van der Waals surface area contributed by atoms with Gasteiger partial charge in [-0.1, -0.05) is 6.92 Å². The van der Waals surface area contributed by atoms with E-state index < -0.39 is 23.2 Å². The molecule has 166 valence electrons. The van der Waals surface area contributed by atoms with Crippen molar-refractivity contribution in [2.75, 3.05) is 32.7 Å². The van der Waals surface area contributed by atoms with Crippen LogP contribution in [0.3, 0.4) is 0 Å². The van der Waals surface area contributed by atoms with E-state index in [2.05, 4.69) is 0 Å². The van der Waals surface area contributed by atoms with Crippen LogP contribution in [0.2, 0.25) is 0 Å². The minimum Gasteiger partial charge on any atom is -0.479 e. The monoisotopic (exact) mass is 411 g/mol. The summed E-state index contributed by atoms with van der Waals surface area (Å²) in [6, 6.07) is -0.265. The van der Waals surface area contributed by atoms with Crippen LogP contribution in [0, 0.1) is 5.92 Å². The first-order valence-corrected chi connectivity index (χ1v) is 10.7. The van der Waals surface area contributed by atoms with Gasteiger partial charge in [0.05, 0.1) is 12.6 Å². The number of carboxylic acids is 1. The maximum absolute atomic E-state index is 13.1. The van der Waals surface area contributed by atoms with Gasteiger partial charge in [0.2, 0.25) is 5.91 Å². The lowest BCUT2D eigenvalue weighted by molar-refractivity contribution is -0.150. The van der Waals surface area contributed by atoms with Gasteiger partial charge in [-0.2, -0.15) is 0 Å². The minimum atomic E-state index is -1.25. The Hall–Kier alpha value is -1.83. The van der Waals surface area contributed by atoms with Crippen LogP contribution in [0.1, 0.15) is 60.8 Å². The second-order valence-corrected chi connectivity index (χ2v) is 9.16. The van der Waals surface area contributed by atoms with Crippen molar-refractivity contribution in [3.63, 3.8) is 0 Å². The SMILES string of the molecule is CCN(CC)C(=O)CN1CC[C@H]2C[C@@](CC)(C(=O)O)N(C(=O)OC(C)(C)C)[C@H]2C1. The zero-order valence-corrected chi connectivity index (χ0v) is 18.7. The van der Waals surface area contributed by atoms with Crippen LogP contribution in [-0.2, 0) is 14.3 Å². The molecular formula is C21H37N3O5. The summed E-state index contributed by atoms with van der Waals surface area (Å²) < 4.78 is 5.60. The summed E-state index contributed by atoms with van der Waals surface area (Å²) in [4.78, 5) is 43.2. The van der Waals surface area contributed by atoms with Crippen LogP contribution in [-0.4, -0.2) is 87.7 Å². The first-order chi connectivity index (χ1) is 13.5. The average Bonchev–Trinajstić information content (AvgIpc) is 2.96. The number of aliphatic carboxylic acids is 1. The lowest BCUT2D eigenvalue weighted by Gasteiger charge is -2.41. The van der Waals surface area contributed by atoms with Gasteiger partial charge in [0, 0.05) is 19.6 Å². The number of likely N-dealkylation sites (tertiary alicyclic amines) is 2. The molecule has 29 heavy (non-hydrogen) atoms. The third-order valence-corrected chi connectivity index (χ3v) is 6.25. The lowest BCUT2D eigenvalue weighted by atomic mass is 9.85. The van der Waals surface area contributed by atoms with Crippen molar-refractivity contribution < 1.29 is 24.2 Å². The molecule has 2 aliphatic heterocycles. The molecule has 0 aromatic rings. The number of amides is 2. The third kappa shape index (κ3) is 4.85. The third-order valence-electron chi connectivity index (χ3n) is 6.25. The molecule has 0 spiro atoms. The molecular weight excluding hydrogens is 374 g/mol. The molecule has 0 radical (unpaired) electrons. The molecule has 2 amide bonds.